The van der Waals surface area contributed by atoms with Gasteiger partial charge in [0.1, 0.15) is 0 Å². The summed E-state index contributed by atoms with van der Waals surface area (Å²) in [6.45, 7) is 1.85. The lowest BCUT2D eigenvalue weighted by Crippen LogP contribution is -2.15. The predicted molar refractivity (Wildman–Crippen MR) is 153 cm³/mol. The molecule has 0 fully saturated rings. The maximum atomic E-state index is 12.7. The van der Waals surface area contributed by atoms with Crippen LogP contribution in [0.4, 0.5) is 17.1 Å². The molecule has 4 aromatic rings. The molecule has 196 valence electrons. The number of rotatable bonds is 8. The Bertz CT molecular complexity index is 1690. The number of halogens is 2. The van der Waals surface area contributed by atoms with Crippen molar-refractivity contribution in [1.29, 1.82) is 0 Å². The van der Waals surface area contributed by atoms with Crippen LogP contribution in [0, 0.1) is 6.92 Å². The Morgan fingerprint density at radius 3 is 1.82 bits per heavy atom. The topological polar surface area (TPSA) is 121 Å². The van der Waals surface area contributed by atoms with Crippen molar-refractivity contribution in [2.24, 2.45) is 0 Å². The number of aryl methyl sites for hydroxylation is 1. The maximum absolute atomic E-state index is 12.7. The molecule has 0 spiro atoms. The van der Waals surface area contributed by atoms with E-state index in [2.05, 4.69) is 30.7 Å². The van der Waals surface area contributed by atoms with Gasteiger partial charge < -0.3 is 5.32 Å². The van der Waals surface area contributed by atoms with Crippen LogP contribution in [0.1, 0.15) is 15.9 Å². The van der Waals surface area contributed by atoms with E-state index < -0.39 is 26.0 Å². The molecule has 0 unspecified atom stereocenters. The van der Waals surface area contributed by atoms with E-state index in [-0.39, 0.29) is 26.1 Å². The average molecular weight is 635 g/mol. The Balaban J connectivity index is 1.43. The van der Waals surface area contributed by atoms with E-state index in [9.17, 15) is 21.6 Å². The van der Waals surface area contributed by atoms with Crippen LogP contribution in [0.25, 0.3) is 0 Å². The number of amides is 1. The van der Waals surface area contributed by atoms with Crippen LogP contribution < -0.4 is 14.8 Å². The summed E-state index contributed by atoms with van der Waals surface area (Å²) >= 11 is 9.56. The van der Waals surface area contributed by atoms with Crippen molar-refractivity contribution < 1.29 is 21.6 Å². The number of hydrogen-bond donors (Lipinski definition) is 3. The van der Waals surface area contributed by atoms with Crippen LogP contribution in [0.2, 0.25) is 5.02 Å². The summed E-state index contributed by atoms with van der Waals surface area (Å²) in [5.41, 5.74) is 1.99. The number of benzene rings is 4. The lowest BCUT2D eigenvalue weighted by Gasteiger charge is -2.12. The van der Waals surface area contributed by atoms with Crippen LogP contribution in [0.5, 0.6) is 0 Å². The van der Waals surface area contributed by atoms with Crippen LogP contribution in [0.15, 0.2) is 105 Å². The molecule has 0 aliphatic heterocycles. The minimum atomic E-state index is -3.86. The highest BCUT2D eigenvalue weighted by Gasteiger charge is 2.18. The number of hydrogen-bond acceptors (Lipinski definition) is 5. The molecule has 4 aromatic carbocycles. The SMILES string of the molecule is Cc1ccc(S(=O)(=O)Nc2ccc(C(=O)Nc3ccc(S(=O)(=O)Nc4ccc(Br)cc4)cc3)cc2Cl)cc1. The number of carbonyl (C=O) groups is 1. The van der Waals surface area contributed by atoms with Crippen molar-refractivity contribution >= 4 is 70.5 Å². The van der Waals surface area contributed by atoms with E-state index in [1.165, 1.54) is 54.6 Å². The van der Waals surface area contributed by atoms with Gasteiger partial charge in [-0.15, -0.1) is 0 Å². The number of sulfonamides is 2. The zero-order chi connectivity index (χ0) is 27.5. The van der Waals surface area contributed by atoms with Crippen molar-refractivity contribution in [3.8, 4) is 0 Å². The summed E-state index contributed by atoms with van der Waals surface area (Å²) in [4.78, 5) is 12.8. The largest absolute Gasteiger partial charge is 0.322 e. The fraction of sp³-hybridized carbons (Fsp3) is 0.0385. The van der Waals surface area contributed by atoms with Crippen molar-refractivity contribution in [2.45, 2.75) is 16.7 Å². The average Bonchev–Trinajstić information content (AvgIpc) is 2.87. The van der Waals surface area contributed by atoms with Crippen molar-refractivity contribution in [2.75, 3.05) is 14.8 Å². The summed E-state index contributed by atoms with van der Waals surface area (Å²) in [5, 5.41) is 2.70. The lowest BCUT2D eigenvalue weighted by atomic mass is 10.2. The molecule has 12 heteroatoms. The number of anilines is 3. The van der Waals surface area contributed by atoms with Gasteiger partial charge in [0, 0.05) is 21.4 Å². The zero-order valence-electron chi connectivity index (χ0n) is 19.8. The van der Waals surface area contributed by atoms with Crippen LogP contribution in [-0.4, -0.2) is 22.7 Å². The van der Waals surface area contributed by atoms with Crippen LogP contribution in [-0.2, 0) is 20.0 Å². The minimum absolute atomic E-state index is 0.0201. The van der Waals surface area contributed by atoms with Gasteiger partial charge >= 0.3 is 0 Å². The van der Waals surface area contributed by atoms with E-state index in [1.54, 1.807) is 36.4 Å². The quantitative estimate of drug-likeness (QED) is 0.211. The molecule has 0 heterocycles. The second-order valence-corrected chi connectivity index (χ2v) is 12.9. The van der Waals surface area contributed by atoms with Gasteiger partial charge in [0.05, 0.1) is 20.5 Å². The first-order valence-electron chi connectivity index (χ1n) is 11.0. The lowest BCUT2D eigenvalue weighted by molar-refractivity contribution is 0.102. The number of nitrogens with one attached hydrogen (secondary N) is 3. The van der Waals surface area contributed by atoms with E-state index in [4.69, 9.17) is 11.6 Å². The molecule has 1 amide bonds. The van der Waals surface area contributed by atoms with Crippen molar-refractivity contribution in [3.05, 3.63) is 112 Å². The summed E-state index contributed by atoms with van der Waals surface area (Å²) in [7, 11) is -7.69. The number of carbonyl (C=O) groups excluding carboxylic acids is 1. The molecule has 8 nitrogen and oxygen atoms in total. The smallest absolute Gasteiger partial charge is 0.261 e. The molecule has 0 saturated heterocycles. The third-order valence-electron chi connectivity index (χ3n) is 5.33. The minimum Gasteiger partial charge on any atom is -0.322 e. The second kappa shape index (κ2) is 11.2. The fourth-order valence-corrected chi connectivity index (χ4v) is 6.00. The maximum Gasteiger partial charge on any atom is 0.261 e. The van der Waals surface area contributed by atoms with Gasteiger partial charge in [-0.1, -0.05) is 45.2 Å². The Labute approximate surface area is 234 Å². The molecule has 38 heavy (non-hydrogen) atoms. The zero-order valence-corrected chi connectivity index (χ0v) is 23.7. The second-order valence-electron chi connectivity index (χ2n) is 8.20. The van der Waals surface area contributed by atoms with E-state index in [0.717, 1.165) is 10.0 Å². The molecule has 0 aliphatic rings. The molecule has 0 aromatic heterocycles. The Kier molecular flexibility index (Phi) is 8.12. The highest BCUT2D eigenvalue weighted by atomic mass is 79.9. The Morgan fingerprint density at radius 1 is 0.711 bits per heavy atom. The summed E-state index contributed by atoms with van der Waals surface area (Å²) in [5.74, 6) is -0.511. The highest BCUT2D eigenvalue weighted by molar-refractivity contribution is 9.10. The third kappa shape index (κ3) is 6.73. The van der Waals surface area contributed by atoms with Gasteiger partial charge in [-0.05, 0) is 85.8 Å². The molecule has 0 aliphatic carbocycles. The van der Waals surface area contributed by atoms with E-state index in [0.29, 0.717) is 11.4 Å². The van der Waals surface area contributed by atoms with Crippen molar-refractivity contribution in [3.63, 3.8) is 0 Å². The van der Waals surface area contributed by atoms with Gasteiger partial charge in [-0.3, -0.25) is 14.2 Å². The van der Waals surface area contributed by atoms with Gasteiger partial charge in [0.2, 0.25) is 0 Å². The van der Waals surface area contributed by atoms with E-state index >= 15 is 0 Å². The van der Waals surface area contributed by atoms with Crippen molar-refractivity contribution in [1.82, 2.24) is 0 Å². The fourth-order valence-electron chi connectivity index (χ4n) is 3.31. The van der Waals surface area contributed by atoms with Gasteiger partial charge in [-0.25, -0.2) is 16.8 Å². The van der Waals surface area contributed by atoms with Gasteiger partial charge in [0.25, 0.3) is 26.0 Å². The summed E-state index contributed by atoms with van der Waals surface area (Å²) in [6.07, 6.45) is 0. The Morgan fingerprint density at radius 2 is 1.24 bits per heavy atom. The molecule has 0 atom stereocenters. The predicted octanol–water partition coefficient (Wildman–Crippen LogP) is 6.26. The first-order chi connectivity index (χ1) is 17.9. The standard InChI is InChI=1S/C26H21BrClN3O5S2/c1-17-2-11-22(12-3-17)38(35,36)31-25-15-4-18(16-24(25)28)26(32)29-20-9-13-23(14-10-20)37(33,34)30-21-7-5-19(27)6-8-21/h2-16,30-31H,1H3,(H,29,32). The highest BCUT2D eigenvalue weighted by Crippen LogP contribution is 2.27. The molecule has 3 N–H and O–H groups in total. The summed E-state index contributed by atoms with van der Waals surface area (Å²) in [6, 6.07) is 22.8. The van der Waals surface area contributed by atoms with Crippen LogP contribution >= 0.6 is 27.5 Å². The molecular formula is C26H21BrClN3O5S2. The summed E-state index contributed by atoms with van der Waals surface area (Å²) < 4.78 is 56.3. The normalized spacial score (nSPS) is 11.6. The van der Waals surface area contributed by atoms with E-state index in [1.807, 2.05) is 6.92 Å². The molecule has 0 saturated carbocycles. The monoisotopic (exact) mass is 633 g/mol. The first kappa shape index (κ1) is 27.6. The van der Waals surface area contributed by atoms with Crippen LogP contribution in [0.3, 0.4) is 0 Å². The molecule has 4 rings (SSSR count). The molecular weight excluding hydrogens is 614 g/mol. The first-order valence-corrected chi connectivity index (χ1v) is 15.2. The van der Waals surface area contributed by atoms with Gasteiger partial charge in [-0.2, -0.15) is 0 Å². The van der Waals surface area contributed by atoms with Gasteiger partial charge in [0.15, 0.2) is 0 Å². The Hall–Kier alpha value is -3.38. The molecule has 0 bridgehead atoms. The molecule has 0 radical (unpaired) electrons. The third-order valence-corrected chi connectivity index (χ3v) is 8.95.